The summed E-state index contributed by atoms with van der Waals surface area (Å²) in [7, 11) is 0. The third-order valence-electron chi connectivity index (χ3n) is 4.80. The number of carbonyl (C=O) groups is 2. The van der Waals surface area contributed by atoms with Crippen molar-refractivity contribution in [1.82, 2.24) is 9.55 Å². The second kappa shape index (κ2) is 8.54. The van der Waals surface area contributed by atoms with Crippen LogP contribution in [0, 0.1) is 0 Å². The van der Waals surface area contributed by atoms with Gasteiger partial charge in [0, 0.05) is 17.1 Å². The van der Waals surface area contributed by atoms with Crippen molar-refractivity contribution in [2.24, 2.45) is 0 Å². The van der Waals surface area contributed by atoms with Crippen LogP contribution in [0.25, 0.3) is 16.6 Å². The number of fused-ring (bicyclic) bond motifs is 1. The van der Waals surface area contributed by atoms with Crippen molar-refractivity contribution in [3.05, 3.63) is 72.1 Å². The molecule has 0 aliphatic heterocycles. The van der Waals surface area contributed by atoms with E-state index in [9.17, 15) is 19.8 Å². The monoisotopic (exact) mass is 447 g/mol. The summed E-state index contributed by atoms with van der Waals surface area (Å²) in [6.07, 6.45) is 1.41. The van der Waals surface area contributed by atoms with Crippen LogP contribution < -0.4 is 15.2 Å². The van der Waals surface area contributed by atoms with Crippen molar-refractivity contribution in [3.8, 4) is 23.1 Å². The highest BCUT2D eigenvalue weighted by Crippen LogP contribution is 2.34. The molecule has 0 fully saturated rings. The Morgan fingerprint density at radius 1 is 0.970 bits per heavy atom. The molecular formula is C24H21N3O6. The zero-order valence-corrected chi connectivity index (χ0v) is 17.9. The molecule has 0 unspecified atom stereocenters. The number of ether oxygens (including phenoxy) is 2. The molecule has 9 nitrogen and oxygen atoms in total. The first kappa shape index (κ1) is 21.7. The van der Waals surface area contributed by atoms with Gasteiger partial charge in [0.25, 0.3) is 0 Å². The molecule has 4 aromatic rings. The number of pyridine rings is 1. The van der Waals surface area contributed by atoms with E-state index in [0.29, 0.717) is 28.4 Å². The number of carboxylic acid groups (broad SMARTS) is 2. The number of hydrogen-bond acceptors (Lipinski definition) is 6. The molecule has 33 heavy (non-hydrogen) atoms. The molecule has 2 heterocycles. The first-order valence-corrected chi connectivity index (χ1v) is 10.1. The third kappa shape index (κ3) is 4.29. The Hall–Kier alpha value is -4.53. The Morgan fingerprint density at radius 2 is 1.67 bits per heavy atom. The number of nitrogens with two attached hydrogens (primary N) is 1. The minimum atomic E-state index is -1.37. The van der Waals surface area contributed by atoms with Gasteiger partial charge in [0.2, 0.25) is 5.88 Å². The maximum absolute atomic E-state index is 12.1. The summed E-state index contributed by atoms with van der Waals surface area (Å²) in [6.45, 7) is 3.79. The average Bonchev–Trinajstić information content (AvgIpc) is 3.10. The molecule has 168 valence electrons. The minimum Gasteiger partial charge on any atom is -0.491 e. The fraction of sp³-hybridized carbons (Fsp3) is 0.125. The Balaban J connectivity index is 1.87. The Kier molecular flexibility index (Phi) is 5.61. The van der Waals surface area contributed by atoms with Crippen LogP contribution in [0.1, 0.15) is 34.7 Å². The van der Waals surface area contributed by atoms with Gasteiger partial charge in [0.1, 0.15) is 22.8 Å². The van der Waals surface area contributed by atoms with E-state index in [4.69, 9.17) is 15.2 Å². The smallest absolute Gasteiger partial charge is 0.353 e. The highest BCUT2D eigenvalue weighted by Gasteiger charge is 2.28. The number of aromatic nitrogens is 2. The Labute approximate surface area is 188 Å². The number of hydrogen-bond donors (Lipinski definition) is 3. The number of anilines is 1. The van der Waals surface area contributed by atoms with Crippen LogP contribution in [0.3, 0.4) is 0 Å². The van der Waals surface area contributed by atoms with Gasteiger partial charge in [-0.05, 0) is 62.4 Å². The zero-order valence-electron chi connectivity index (χ0n) is 17.9. The lowest BCUT2D eigenvalue weighted by atomic mass is 10.1. The molecule has 0 bridgehead atoms. The van der Waals surface area contributed by atoms with E-state index in [1.807, 2.05) is 13.8 Å². The van der Waals surface area contributed by atoms with Crippen LogP contribution in [0.4, 0.5) is 5.69 Å². The van der Waals surface area contributed by atoms with Gasteiger partial charge in [-0.3, -0.25) is 0 Å². The van der Waals surface area contributed by atoms with Crippen LogP contribution in [0.2, 0.25) is 0 Å². The van der Waals surface area contributed by atoms with Crippen LogP contribution in [-0.4, -0.2) is 37.8 Å². The van der Waals surface area contributed by atoms with Crippen molar-refractivity contribution in [1.29, 1.82) is 0 Å². The normalized spacial score (nSPS) is 11.0. The van der Waals surface area contributed by atoms with E-state index in [0.717, 1.165) is 0 Å². The van der Waals surface area contributed by atoms with Gasteiger partial charge in [0.15, 0.2) is 0 Å². The first-order chi connectivity index (χ1) is 15.7. The predicted molar refractivity (Wildman–Crippen MR) is 122 cm³/mol. The van der Waals surface area contributed by atoms with Gasteiger partial charge in [0.05, 0.1) is 23.5 Å². The van der Waals surface area contributed by atoms with Crippen LogP contribution >= 0.6 is 0 Å². The van der Waals surface area contributed by atoms with E-state index >= 15 is 0 Å². The summed E-state index contributed by atoms with van der Waals surface area (Å²) >= 11 is 0. The number of nitrogens with zero attached hydrogens (tertiary/aromatic N) is 2. The summed E-state index contributed by atoms with van der Waals surface area (Å²) in [5.74, 6) is -1.55. The number of aromatic carboxylic acids is 2. The van der Waals surface area contributed by atoms with Crippen molar-refractivity contribution >= 4 is 28.5 Å². The summed E-state index contributed by atoms with van der Waals surface area (Å²) in [6, 6.07) is 14.7. The maximum atomic E-state index is 12.1. The van der Waals surface area contributed by atoms with Gasteiger partial charge in [-0.25, -0.2) is 14.6 Å². The number of nitrogen functional groups attached to an aromatic ring is 1. The summed E-state index contributed by atoms with van der Waals surface area (Å²) in [5.41, 5.74) is 6.29. The van der Waals surface area contributed by atoms with Gasteiger partial charge >= 0.3 is 11.9 Å². The summed E-state index contributed by atoms with van der Waals surface area (Å²) < 4.78 is 12.7. The fourth-order valence-corrected chi connectivity index (χ4v) is 3.54. The van der Waals surface area contributed by atoms with Crippen LogP contribution in [0.5, 0.6) is 17.4 Å². The summed E-state index contributed by atoms with van der Waals surface area (Å²) in [5, 5.41) is 20.0. The quantitative estimate of drug-likeness (QED) is 0.374. The van der Waals surface area contributed by atoms with E-state index in [-0.39, 0.29) is 28.6 Å². The number of carboxylic acids is 2. The molecule has 4 rings (SSSR count). The first-order valence-electron chi connectivity index (χ1n) is 10.1. The van der Waals surface area contributed by atoms with E-state index in [1.165, 1.54) is 16.8 Å². The second-order valence-electron chi connectivity index (χ2n) is 7.54. The topological polar surface area (TPSA) is 137 Å². The van der Waals surface area contributed by atoms with Crippen molar-refractivity contribution in [2.45, 2.75) is 20.0 Å². The molecular weight excluding hydrogens is 426 g/mol. The maximum Gasteiger partial charge on any atom is 0.353 e. The van der Waals surface area contributed by atoms with E-state index < -0.39 is 11.9 Å². The van der Waals surface area contributed by atoms with Crippen molar-refractivity contribution in [2.75, 3.05) is 5.73 Å². The van der Waals surface area contributed by atoms with E-state index in [2.05, 4.69) is 4.98 Å². The Bertz CT molecular complexity index is 1340. The lowest BCUT2D eigenvalue weighted by Gasteiger charge is -2.12. The highest BCUT2D eigenvalue weighted by molar-refractivity contribution is 6.13. The number of rotatable bonds is 7. The van der Waals surface area contributed by atoms with E-state index in [1.54, 1.807) is 48.5 Å². The van der Waals surface area contributed by atoms with Crippen LogP contribution in [0.15, 0.2) is 60.8 Å². The zero-order chi connectivity index (χ0) is 23.7. The average molecular weight is 447 g/mol. The molecule has 9 heteroatoms. The van der Waals surface area contributed by atoms with Crippen molar-refractivity contribution < 1.29 is 29.3 Å². The van der Waals surface area contributed by atoms with Gasteiger partial charge in [-0.1, -0.05) is 0 Å². The van der Waals surface area contributed by atoms with Crippen molar-refractivity contribution in [3.63, 3.8) is 0 Å². The van der Waals surface area contributed by atoms with Crippen LogP contribution in [-0.2, 0) is 0 Å². The number of benzene rings is 2. The lowest BCUT2D eigenvalue weighted by molar-refractivity contribution is 0.0647. The van der Waals surface area contributed by atoms with Gasteiger partial charge < -0.3 is 30.0 Å². The molecule has 0 aliphatic rings. The lowest BCUT2D eigenvalue weighted by Crippen LogP contribution is -2.12. The molecule has 0 amide bonds. The second-order valence-corrected chi connectivity index (χ2v) is 7.54. The molecule has 0 atom stereocenters. The molecule has 2 aromatic heterocycles. The summed E-state index contributed by atoms with van der Waals surface area (Å²) in [4.78, 5) is 28.3. The molecule has 0 saturated heterocycles. The minimum absolute atomic E-state index is 0.0228. The molecule has 0 spiro atoms. The van der Waals surface area contributed by atoms with Gasteiger partial charge in [-0.2, -0.15) is 0 Å². The molecule has 2 aromatic carbocycles. The largest absolute Gasteiger partial charge is 0.491 e. The SMILES string of the molecule is CC(C)Oc1ccc(-n2c(C(=O)O)c(C(=O)O)c3cc(Oc4ccc(N)cn4)ccc32)cc1. The Morgan fingerprint density at radius 3 is 2.24 bits per heavy atom. The molecule has 0 radical (unpaired) electrons. The van der Waals surface area contributed by atoms with Gasteiger partial charge in [-0.15, -0.1) is 0 Å². The highest BCUT2D eigenvalue weighted by atomic mass is 16.5. The molecule has 0 saturated carbocycles. The molecule has 0 aliphatic carbocycles. The predicted octanol–water partition coefficient (Wildman–Crippen LogP) is 4.58. The standard InChI is InChI=1S/C24H21N3O6/c1-13(2)32-16-6-4-15(5-7-16)27-19-9-8-17(33-20-10-3-14(25)12-26-20)11-18(19)21(23(28)29)22(27)24(30)31/h3-13H,25H2,1-2H3,(H,28,29)(H,30,31). The molecule has 4 N–H and O–H groups in total. The fourth-order valence-electron chi connectivity index (χ4n) is 3.54. The third-order valence-corrected chi connectivity index (χ3v) is 4.80.